The van der Waals surface area contributed by atoms with Crippen molar-refractivity contribution < 1.29 is 15.1 Å². The number of amides is 1. The normalized spacial score (nSPS) is 18.0. The van der Waals surface area contributed by atoms with Gasteiger partial charge in [0.1, 0.15) is 0 Å². The van der Waals surface area contributed by atoms with Crippen LogP contribution in [0.5, 0.6) is 0 Å². The summed E-state index contributed by atoms with van der Waals surface area (Å²) >= 11 is 0. The smallest absolute Gasteiger partial charge is 0.251 e. The molecular formula is C22H29N3O3. The number of hydroxylamine groups is 1. The monoisotopic (exact) mass is 383 g/mol. The maximum Gasteiger partial charge on any atom is 0.251 e. The molecule has 3 rings (SSSR count). The van der Waals surface area contributed by atoms with Crippen molar-refractivity contribution in [1.82, 2.24) is 10.2 Å². The van der Waals surface area contributed by atoms with Crippen LogP contribution in [0.1, 0.15) is 41.7 Å². The molecule has 1 aliphatic heterocycles. The van der Waals surface area contributed by atoms with Crippen molar-refractivity contribution in [3.8, 4) is 0 Å². The van der Waals surface area contributed by atoms with Crippen LogP contribution < -0.4 is 10.4 Å². The summed E-state index contributed by atoms with van der Waals surface area (Å²) in [6.07, 6.45) is 1.34. The zero-order valence-corrected chi connectivity index (χ0v) is 16.3. The second-order valence-electron chi connectivity index (χ2n) is 7.28. The van der Waals surface area contributed by atoms with Gasteiger partial charge in [0, 0.05) is 31.7 Å². The van der Waals surface area contributed by atoms with Gasteiger partial charge in [0.15, 0.2) is 0 Å². The Hall–Kier alpha value is -2.41. The molecule has 1 amide bonds. The quantitative estimate of drug-likeness (QED) is 0.611. The number of benzene rings is 2. The van der Waals surface area contributed by atoms with Crippen LogP contribution >= 0.6 is 0 Å². The molecule has 2 atom stereocenters. The Labute approximate surface area is 166 Å². The van der Waals surface area contributed by atoms with E-state index in [1.165, 1.54) is 5.06 Å². The van der Waals surface area contributed by atoms with Crippen molar-refractivity contribution in [2.24, 2.45) is 0 Å². The van der Waals surface area contributed by atoms with Gasteiger partial charge in [-0.2, -0.15) is 0 Å². The molecule has 0 unspecified atom stereocenters. The van der Waals surface area contributed by atoms with Crippen LogP contribution in [0, 0.1) is 0 Å². The average Bonchev–Trinajstić information content (AvgIpc) is 3.15. The lowest BCUT2D eigenvalue weighted by Crippen LogP contribution is -2.36. The molecule has 0 aliphatic carbocycles. The Morgan fingerprint density at radius 3 is 2.54 bits per heavy atom. The lowest BCUT2D eigenvalue weighted by molar-refractivity contribution is 0.0953. The van der Waals surface area contributed by atoms with Gasteiger partial charge in [-0.05, 0) is 42.7 Å². The van der Waals surface area contributed by atoms with Crippen LogP contribution in [0.15, 0.2) is 54.6 Å². The number of rotatable bonds is 8. The first-order chi connectivity index (χ1) is 13.6. The summed E-state index contributed by atoms with van der Waals surface area (Å²) in [6.45, 7) is 4.69. The summed E-state index contributed by atoms with van der Waals surface area (Å²) in [4.78, 5) is 14.2. The Morgan fingerprint density at radius 1 is 1.21 bits per heavy atom. The van der Waals surface area contributed by atoms with E-state index in [2.05, 4.69) is 10.2 Å². The van der Waals surface area contributed by atoms with E-state index in [9.17, 15) is 15.1 Å². The molecule has 0 bridgehead atoms. The lowest BCUT2D eigenvalue weighted by atomic mass is 10.0. The Morgan fingerprint density at radius 2 is 1.93 bits per heavy atom. The highest BCUT2D eigenvalue weighted by Gasteiger charge is 2.27. The van der Waals surface area contributed by atoms with E-state index in [1.54, 1.807) is 24.3 Å². The fourth-order valence-electron chi connectivity index (χ4n) is 3.51. The van der Waals surface area contributed by atoms with Gasteiger partial charge in [-0.3, -0.25) is 14.9 Å². The molecule has 3 N–H and O–H groups in total. The van der Waals surface area contributed by atoms with E-state index in [1.807, 2.05) is 37.3 Å². The summed E-state index contributed by atoms with van der Waals surface area (Å²) in [5.74, 6) is -0.108. The summed E-state index contributed by atoms with van der Waals surface area (Å²) in [7, 11) is 0. The summed E-state index contributed by atoms with van der Waals surface area (Å²) in [5, 5.41) is 24.9. The number of hydrogen-bond donors (Lipinski definition) is 3. The molecule has 1 heterocycles. The van der Waals surface area contributed by atoms with E-state index in [-0.39, 0.29) is 18.1 Å². The minimum absolute atomic E-state index is 0.108. The molecule has 0 saturated carbocycles. The number of nitrogens with one attached hydrogen (secondary N) is 1. The Bertz CT molecular complexity index is 751. The predicted octanol–water partition coefficient (Wildman–Crippen LogP) is 2.83. The van der Waals surface area contributed by atoms with Crippen LogP contribution in [0.3, 0.4) is 0 Å². The standard InChI is InChI=1S/C22H29N3O3/c1-2-13-23-22(27)18-8-10-19(11-9-18)25(28)21(17-6-4-3-5-7-17)16-24-14-12-20(26)15-24/h3-11,20-21,26,28H,2,12-16H2,1H3,(H,23,27)/t20-,21+/m0/s1. The molecule has 0 spiro atoms. The van der Waals surface area contributed by atoms with Gasteiger partial charge in [-0.15, -0.1) is 0 Å². The zero-order valence-electron chi connectivity index (χ0n) is 16.3. The number of anilines is 1. The maximum atomic E-state index is 12.1. The highest BCUT2D eigenvalue weighted by molar-refractivity contribution is 5.94. The number of aliphatic hydroxyl groups is 1. The predicted molar refractivity (Wildman–Crippen MR) is 110 cm³/mol. The van der Waals surface area contributed by atoms with Gasteiger partial charge in [-0.1, -0.05) is 37.3 Å². The molecule has 0 aromatic heterocycles. The molecule has 1 aliphatic rings. The third-order valence-electron chi connectivity index (χ3n) is 5.09. The number of carbonyl (C=O) groups excluding carboxylic acids is 1. The van der Waals surface area contributed by atoms with Crippen molar-refractivity contribution in [2.45, 2.75) is 31.9 Å². The van der Waals surface area contributed by atoms with Gasteiger partial charge >= 0.3 is 0 Å². The van der Waals surface area contributed by atoms with Crippen molar-refractivity contribution in [1.29, 1.82) is 0 Å². The molecule has 6 heteroatoms. The van der Waals surface area contributed by atoms with Crippen molar-refractivity contribution in [2.75, 3.05) is 31.2 Å². The number of likely N-dealkylation sites (tertiary alicyclic amines) is 1. The number of nitrogens with zero attached hydrogens (tertiary/aromatic N) is 2. The molecule has 0 radical (unpaired) electrons. The largest absolute Gasteiger partial charge is 0.392 e. The number of carbonyl (C=O) groups is 1. The first-order valence-corrected chi connectivity index (χ1v) is 9.90. The molecule has 150 valence electrons. The van der Waals surface area contributed by atoms with Crippen LogP contribution in [0.2, 0.25) is 0 Å². The maximum absolute atomic E-state index is 12.1. The second kappa shape index (κ2) is 9.68. The van der Waals surface area contributed by atoms with E-state index in [0.717, 1.165) is 24.9 Å². The molecule has 2 aromatic rings. The van der Waals surface area contributed by atoms with Gasteiger partial charge in [0.2, 0.25) is 0 Å². The topological polar surface area (TPSA) is 76.0 Å². The zero-order chi connectivity index (χ0) is 19.9. The number of aliphatic hydroxyl groups excluding tert-OH is 1. The minimum Gasteiger partial charge on any atom is -0.392 e. The third kappa shape index (κ3) is 5.10. The minimum atomic E-state index is -0.301. The van der Waals surface area contributed by atoms with E-state index >= 15 is 0 Å². The SMILES string of the molecule is CCCNC(=O)c1ccc(N(O)[C@H](CN2CC[C@H](O)C2)c2ccccc2)cc1. The van der Waals surface area contributed by atoms with Gasteiger partial charge in [-0.25, -0.2) is 5.06 Å². The van der Waals surface area contributed by atoms with Crippen LogP contribution in [-0.4, -0.2) is 53.4 Å². The summed E-state index contributed by atoms with van der Waals surface area (Å²) < 4.78 is 0. The summed E-state index contributed by atoms with van der Waals surface area (Å²) in [5.41, 5.74) is 2.20. The first kappa shape index (κ1) is 20.3. The summed E-state index contributed by atoms with van der Waals surface area (Å²) in [6, 6.07) is 16.5. The lowest BCUT2D eigenvalue weighted by Gasteiger charge is -2.31. The number of hydrogen-bond acceptors (Lipinski definition) is 5. The molecule has 1 saturated heterocycles. The van der Waals surface area contributed by atoms with Crippen LogP contribution in [0.25, 0.3) is 0 Å². The highest BCUT2D eigenvalue weighted by atomic mass is 16.5. The van der Waals surface area contributed by atoms with Crippen LogP contribution in [-0.2, 0) is 0 Å². The first-order valence-electron chi connectivity index (χ1n) is 9.90. The molecule has 6 nitrogen and oxygen atoms in total. The molecule has 28 heavy (non-hydrogen) atoms. The Balaban J connectivity index is 1.76. The van der Waals surface area contributed by atoms with Crippen molar-refractivity contribution in [3.63, 3.8) is 0 Å². The molecular weight excluding hydrogens is 354 g/mol. The van der Waals surface area contributed by atoms with Crippen LogP contribution in [0.4, 0.5) is 5.69 Å². The van der Waals surface area contributed by atoms with Crippen molar-refractivity contribution in [3.05, 3.63) is 65.7 Å². The third-order valence-corrected chi connectivity index (χ3v) is 5.09. The fraction of sp³-hybridized carbons (Fsp3) is 0.409. The number of β-amino-alcohol motifs (C(OH)–C–C–N with tert-alkyl or cyclic N) is 1. The van der Waals surface area contributed by atoms with E-state index in [0.29, 0.717) is 30.9 Å². The van der Waals surface area contributed by atoms with Gasteiger partial charge in [0.05, 0.1) is 17.8 Å². The van der Waals surface area contributed by atoms with Gasteiger partial charge in [0.25, 0.3) is 5.91 Å². The molecule has 2 aromatic carbocycles. The fourth-order valence-corrected chi connectivity index (χ4v) is 3.51. The van der Waals surface area contributed by atoms with E-state index < -0.39 is 0 Å². The highest BCUT2D eigenvalue weighted by Crippen LogP contribution is 2.28. The Kier molecular flexibility index (Phi) is 7.03. The average molecular weight is 383 g/mol. The van der Waals surface area contributed by atoms with E-state index in [4.69, 9.17) is 0 Å². The second-order valence-corrected chi connectivity index (χ2v) is 7.28. The molecule has 1 fully saturated rings. The van der Waals surface area contributed by atoms with Crippen molar-refractivity contribution >= 4 is 11.6 Å². The van der Waals surface area contributed by atoms with Gasteiger partial charge < -0.3 is 10.4 Å².